The summed E-state index contributed by atoms with van der Waals surface area (Å²) in [6.45, 7) is 6.50. The van der Waals surface area contributed by atoms with Crippen LogP contribution >= 0.6 is 0 Å². The highest BCUT2D eigenvalue weighted by atomic mass is 19.1. The molecule has 0 aliphatic carbocycles. The van der Waals surface area contributed by atoms with Gasteiger partial charge in [-0.3, -0.25) is 4.79 Å². The summed E-state index contributed by atoms with van der Waals surface area (Å²) in [5.41, 5.74) is 1.46. The van der Waals surface area contributed by atoms with Crippen LogP contribution in [0.1, 0.15) is 29.2 Å². The molecular formula is C20H24FN5O. The summed E-state index contributed by atoms with van der Waals surface area (Å²) < 4.78 is 13.1. The first-order valence-electron chi connectivity index (χ1n) is 9.50. The minimum absolute atomic E-state index is 0.0419. The van der Waals surface area contributed by atoms with Crippen LogP contribution in [0.3, 0.4) is 0 Å². The van der Waals surface area contributed by atoms with Crippen LogP contribution < -0.4 is 9.80 Å². The molecule has 0 N–H and O–H groups in total. The Morgan fingerprint density at radius 3 is 2.26 bits per heavy atom. The molecule has 7 heteroatoms. The molecule has 2 aromatic rings. The van der Waals surface area contributed by atoms with E-state index in [-0.39, 0.29) is 11.7 Å². The number of aryl methyl sites for hydroxylation is 1. The third-order valence-electron chi connectivity index (χ3n) is 5.23. The number of hydrogen-bond acceptors (Lipinski definition) is 5. The van der Waals surface area contributed by atoms with Crippen LogP contribution in [-0.2, 0) is 0 Å². The third kappa shape index (κ3) is 3.86. The first kappa shape index (κ1) is 17.7. The molecule has 4 rings (SSSR count). The smallest absolute Gasteiger partial charge is 0.272 e. The van der Waals surface area contributed by atoms with Gasteiger partial charge in [-0.05, 0) is 44.0 Å². The van der Waals surface area contributed by atoms with Crippen molar-refractivity contribution in [2.45, 2.75) is 19.8 Å². The van der Waals surface area contributed by atoms with E-state index in [4.69, 9.17) is 0 Å². The molecule has 0 bridgehead atoms. The molecule has 3 heterocycles. The molecule has 142 valence electrons. The Morgan fingerprint density at radius 2 is 1.59 bits per heavy atom. The van der Waals surface area contributed by atoms with Crippen molar-refractivity contribution in [3.8, 4) is 0 Å². The molecule has 0 atom stereocenters. The van der Waals surface area contributed by atoms with Gasteiger partial charge in [0.1, 0.15) is 23.2 Å². The summed E-state index contributed by atoms with van der Waals surface area (Å²) in [5.74, 6) is 1.21. The number of hydrogen-bond donors (Lipinski definition) is 0. The summed E-state index contributed by atoms with van der Waals surface area (Å²) in [5, 5.41) is 0. The van der Waals surface area contributed by atoms with Crippen LogP contribution in [0, 0.1) is 12.7 Å². The highest BCUT2D eigenvalue weighted by Crippen LogP contribution is 2.21. The van der Waals surface area contributed by atoms with E-state index in [9.17, 15) is 9.18 Å². The third-order valence-corrected chi connectivity index (χ3v) is 5.23. The fourth-order valence-electron chi connectivity index (χ4n) is 3.75. The van der Waals surface area contributed by atoms with Gasteiger partial charge >= 0.3 is 0 Å². The number of benzene rings is 1. The first-order chi connectivity index (χ1) is 13.1. The van der Waals surface area contributed by atoms with Crippen molar-refractivity contribution in [3.63, 3.8) is 0 Å². The SMILES string of the molecule is Cc1nc(C(=O)N2CCN(c3ccc(F)cc3)CC2)cc(N2CCCC2)n1. The number of halogens is 1. The maximum Gasteiger partial charge on any atom is 0.272 e. The minimum atomic E-state index is -0.236. The Bertz CT molecular complexity index is 812. The highest BCUT2D eigenvalue weighted by Gasteiger charge is 2.25. The van der Waals surface area contributed by atoms with E-state index >= 15 is 0 Å². The van der Waals surface area contributed by atoms with E-state index in [0.29, 0.717) is 24.6 Å². The van der Waals surface area contributed by atoms with Crippen LogP contribution in [0.5, 0.6) is 0 Å². The number of anilines is 2. The zero-order valence-corrected chi connectivity index (χ0v) is 15.6. The van der Waals surface area contributed by atoms with Gasteiger partial charge in [0.2, 0.25) is 0 Å². The van der Waals surface area contributed by atoms with Crippen molar-refractivity contribution in [1.82, 2.24) is 14.9 Å². The van der Waals surface area contributed by atoms with Crippen molar-refractivity contribution in [1.29, 1.82) is 0 Å². The van der Waals surface area contributed by atoms with E-state index in [1.54, 1.807) is 12.1 Å². The summed E-state index contributed by atoms with van der Waals surface area (Å²) in [7, 11) is 0. The lowest BCUT2D eigenvalue weighted by atomic mass is 10.2. The number of carbonyl (C=O) groups excluding carboxylic acids is 1. The lowest BCUT2D eigenvalue weighted by Crippen LogP contribution is -2.49. The number of piperazine rings is 1. The number of carbonyl (C=O) groups is 1. The van der Waals surface area contributed by atoms with Crippen molar-refractivity contribution in [3.05, 3.63) is 47.7 Å². The molecule has 1 aromatic carbocycles. The summed E-state index contributed by atoms with van der Waals surface area (Å²) >= 11 is 0. The Hall–Kier alpha value is -2.70. The molecule has 2 fully saturated rings. The van der Waals surface area contributed by atoms with Gasteiger partial charge in [0.05, 0.1) is 0 Å². The summed E-state index contributed by atoms with van der Waals surface area (Å²) in [6, 6.07) is 8.33. The second kappa shape index (κ2) is 7.50. The van der Waals surface area contributed by atoms with Gasteiger partial charge in [-0.25, -0.2) is 14.4 Å². The molecule has 0 unspecified atom stereocenters. The lowest BCUT2D eigenvalue weighted by Gasteiger charge is -2.36. The zero-order valence-electron chi connectivity index (χ0n) is 15.6. The fraction of sp³-hybridized carbons (Fsp3) is 0.450. The average molecular weight is 369 g/mol. The van der Waals surface area contributed by atoms with Crippen molar-refractivity contribution < 1.29 is 9.18 Å². The van der Waals surface area contributed by atoms with Crippen LogP contribution in [0.25, 0.3) is 0 Å². The minimum Gasteiger partial charge on any atom is -0.368 e. The second-order valence-electron chi connectivity index (χ2n) is 7.11. The maximum atomic E-state index is 13.1. The molecule has 0 saturated carbocycles. The predicted octanol–water partition coefficient (Wildman–Crippen LogP) is 2.49. The van der Waals surface area contributed by atoms with Crippen LogP contribution in [0.15, 0.2) is 30.3 Å². The largest absolute Gasteiger partial charge is 0.368 e. The number of rotatable bonds is 3. The Labute approximate surface area is 158 Å². The monoisotopic (exact) mass is 369 g/mol. The average Bonchev–Trinajstić information content (AvgIpc) is 3.23. The van der Waals surface area contributed by atoms with Crippen LogP contribution in [0.2, 0.25) is 0 Å². The van der Waals surface area contributed by atoms with Gasteiger partial charge in [0, 0.05) is 51.0 Å². The van der Waals surface area contributed by atoms with Crippen molar-refractivity contribution in [2.24, 2.45) is 0 Å². The first-order valence-corrected chi connectivity index (χ1v) is 9.50. The standard InChI is InChI=1S/C20H24FN5O/c1-15-22-18(14-19(23-15)25-8-2-3-9-25)20(27)26-12-10-24(11-13-26)17-6-4-16(21)5-7-17/h4-7,14H,2-3,8-13H2,1H3. The van der Waals surface area contributed by atoms with Crippen LogP contribution in [0.4, 0.5) is 15.9 Å². The molecule has 1 aromatic heterocycles. The topological polar surface area (TPSA) is 52.6 Å². The molecule has 1 amide bonds. The Kier molecular flexibility index (Phi) is 4.92. The predicted molar refractivity (Wildman–Crippen MR) is 103 cm³/mol. The van der Waals surface area contributed by atoms with Gasteiger partial charge in [-0.1, -0.05) is 0 Å². The van der Waals surface area contributed by atoms with E-state index in [0.717, 1.165) is 50.5 Å². The molecule has 2 aliphatic heterocycles. The van der Waals surface area contributed by atoms with E-state index in [1.165, 1.54) is 12.1 Å². The summed E-state index contributed by atoms with van der Waals surface area (Å²) in [6.07, 6.45) is 2.33. The van der Waals surface area contributed by atoms with Crippen molar-refractivity contribution in [2.75, 3.05) is 49.1 Å². The normalized spacial score (nSPS) is 17.5. The number of nitrogens with zero attached hydrogens (tertiary/aromatic N) is 5. The van der Waals surface area contributed by atoms with E-state index < -0.39 is 0 Å². The van der Waals surface area contributed by atoms with Crippen LogP contribution in [-0.4, -0.2) is 60.0 Å². The molecular weight excluding hydrogens is 345 g/mol. The fourth-order valence-corrected chi connectivity index (χ4v) is 3.75. The molecule has 0 radical (unpaired) electrons. The summed E-state index contributed by atoms with van der Waals surface area (Å²) in [4.78, 5) is 28.1. The Balaban J connectivity index is 1.44. The molecule has 2 aliphatic rings. The van der Waals surface area contributed by atoms with Gasteiger partial charge < -0.3 is 14.7 Å². The van der Waals surface area contributed by atoms with Gasteiger partial charge in [-0.2, -0.15) is 0 Å². The maximum absolute atomic E-state index is 13.1. The van der Waals surface area contributed by atoms with E-state index in [1.807, 2.05) is 17.9 Å². The quantitative estimate of drug-likeness (QED) is 0.832. The molecule has 0 spiro atoms. The second-order valence-corrected chi connectivity index (χ2v) is 7.11. The molecule has 6 nitrogen and oxygen atoms in total. The zero-order chi connectivity index (χ0) is 18.8. The highest BCUT2D eigenvalue weighted by molar-refractivity contribution is 5.93. The Morgan fingerprint density at radius 1 is 0.926 bits per heavy atom. The molecule has 2 saturated heterocycles. The van der Waals surface area contributed by atoms with Gasteiger partial charge in [-0.15, -0.1) is 0 Å². The number of amides is 1. The van der Waals surface area contributed by atoms with Crippen molar-refractivity contribution >= 4 is 17.4 Å². The molecule has 27 heavy (non-hydrogen) atoms. The van der Waals surface area contributed by atoms with Gasteiger partial charge in [0.15, 0.2) is 0 Å². The number of aromatic nitrogens is 2. The van der Waals surface area contributed by atoms with E-state index in [2.05, 4.69) is 19.8 Å². The van der Waals surface area contributed by atoms with Gasteiger partial charge in [0.25, 0.3) is 5.91 Å². The lowest BCUT2D eigenvalue weighted by molar-refractivity contribution is 0.0740.